The van der Waals surface area contributed by atoms with E-state index in [1.165, 1.54) is 11.6 Å². The van der Waals surface area contributed by atoms with Crippen molar-refractivity contribution in [3.05, 3.63) is 76.3 Å². The van der Waals surface area contributed by atoms with Crippen LogP contribution in [0.5, 0.6) is 0 Å². The highest BCUT2D eigenvalue weighted by Gasteiger charge is 2.02. The molecule has 2 heteroatoms. The van der Waals surface area contributed by atoms with E-state index in [1.807, 2.05) is 48.5 Å². The lowest BCUT2D eigenvalue weighted by atomic mass is 9.99. The molecule has 2 aromatic carbocycles. The van der Waals surface area contributed by atoms with Gasteiger partial charge in [-0.25, -0.2) is 0 Å². The van der Waals surface area contributed by atoms with Crippen molar-refractivity contribution in [3.63, 3.8) is 0 Å². The molecule has 0 aromatic heterocycles. The highest BCUT2D eigenvalue weighted by Crippen LogP contribution is 2.20. The zero-order valence-electron chi connectivity index (χ0n) is 9.81. The summed E-state index contributed by atoms with van der Waals surface area (Å²) in [5.74, 6) is 0. The first-order chi connectivity index (χ1) is 8.79. The van der Waals surface area contributed by atoms with Crippen molar-refractivity contribution in [2.75, 3.05) is 0 Å². The molecule has 1 nitrogen and oxygen atoms in total. The average molecular weight is 254 g/mol. The monoisotopic (exact) mass is 253 g/mol. The number of benzene rings is 2. The first kappa shape index (κ1) is 12.4. The van der Waals surface area contributed by atoms with Crippen LogP contribution in [0.2, 0.25) is 5.02 Å². The van der Waals surface area contributed by atoms with Crippen LogP contribution in [0.25, 0.3) is 6.08 Å². The van der Waals surface area contributed by atoms with E-state index in [1.54, 1.807) is 0 Å². The van der Waals surface area contributed by atoms with Crippen LogP contribution >= 0.6 is 11.6 Å². The minimum Gasteiger partial charge on any atom is -0.193 e. The summed E-state index contributed by atoms with van der Waals surface area (Å²) in [6.07, 6.45) is 4.11. The Labute approximate surface area is 112 Å². The molecule has 0 saturated carbocycles. The number of hydrogen-bond acceptors (Lipinski definition) is 1. The van der Waals surface area contributed by atoms with Gasteiger partial charge in [-0.1, -0.05) is 48.0 Å². The summed E-state index contributed by atoms with van der Waals surface area (Å²) in [4.78, 5) is 0. The van der Waals surface area contributed by atoms with Gasteiger partial charge in [0.1, 0.15) is 0 Å². The van der Waals surface area contributed by atoms with E-state index < -0.39 is 0 Å². The summed E-state index contributed by atoms with van der Waals surface area (Å²) in [6.45, 7) is 0. The minimum atomic E-state index is 0.718. The van der Waals surface area contributed by atoms with Crippen LogP contribution in [0.1, 0.15) is 16.7 Å². The van der Waals surface area contributed by atoms with Crippen LogP contribution in [0, 0.1) is 11.3 Å². The van der Waals surface area contributed by atoms with Gasteiger partial charge in [-0.15, -0.1) is 0 Å². The molecule has 0 heterocycles. The summed E-state index contributed by atoms with van der Waals surface area (Å²) in [6, 6.07) is 17.9. The van der Waals surface area contributed by atoms with Gasteiger partial charge in [-0.3, -0.25) is 0 Å². The van der Waals surface area contributed by atoms with E-state index in [0.29, 0.717) is 0 Å². The number of halogens is 1. The average Bonchev–Trinajstić information content (AvgIpc) is 2.39. The van der Waals surface area contributed by atoms with Gasteiger partial charge < -0.3 is 0 Å². The van der Waals surface area contributed by atoms with Gasteiger partial charge in [-0.2, -0.15) is 5.26 Å². The van der Waals surface area contributed by atoms with Gasteiger partial charge in [-0.05, 0) is 41.3 Å². The van der Waals surface area contributed by atoms with Crippen LogP contribution in [-0.4, -0.2) is 0 Å². The second-order valence-electron chi connectivity index (χ2n) is 3.97. The van der Waals surface area contributed by atoms with Crippen molar-refractivity contribution in [2.24, 2.45) is 0 Å². The molecule has 0 bridgehead atoms. The molecule has 2 rings (SSSR count). The van der Waals surface area contributed by atoms with Crippen molar-refractivity contribution < 1.29 is 0 Å². The van der Waals surface area contributed by atoms with E-state index in [4.69, 9.17) is 16.9 Å². The first-order valence-corrected chi connectivity index (χ1v) is 6.06. The molecule has 0 atom stereocenters. The lowest BCUT2D eigenvalue weighted by Gasteiger charge is -2.07. The Morgan fingerprint density at radius 1 is 1.11 bits per heavy atom. The van der Waals surface area contributed by atoms with E-state index >= 15 is 0 Å². The summed E-state index contributed by atoms with van der Waals surface area (Å²) < 4.78 is 0. The number of nitriles is 1. The van der Waals surface area contributed by atoms with Crippen LogP contribution < -0.4 is 0 Å². The van der Waals surface area contributed by atoms with Crippen molar-refractivity contribution in [3.8, 4) is 6.07 Å². The molecule has 18 heavy (non-hydrogen) atoms. The number of hydrogen-bond donors (Lipinski definition) is 0. The molecule has 0 aliphatic rings. The molecule has 0 saturated heterocycles. The maximum Gasteiger partial charge on any atom is 0.0912 e. The van der Waals surface area contributed by atoms with Gasteiger partial charge in [0.05, 0.1) is 6.07 Å². The molecule has 0 radical (unpaired) electrons. The fourth-order valence-electron chi connectivity index (χ4n) is 1.83. The van der Waals surface area contributed by atoms with E-state index in [0.717, 1.165) is 22.6 Å². The summed E-state index contributed by atoms with van der Waals surface area (Å²) >= 11 is 6.03. The highest BCUT2D eigenvalue weighted by atomic mass is 35.5. The third-order valence-electron chi connectivity index (χ3n) is 2.68. The SMILES string of the molecule is N#C/C=C/c1ccc(Cl)cc1Cc1ccccc1. The lowest BCUT2D eigenvalue weighted by molar-refractivity contribution is 1.18. The fraction of sp³-hybridized carbons (Fsp3) is 0.0625. The predicted molar refractivity (Wildman–Crippen MR) is 75.3 cm³/mol. The van der Waals surface area contributed by atoms with E-state index in [-0.39, 0.29) is 0 Å². The van der Waals surface area contributed by atoms with Gasteiger partial charge >= 0.3 is 0 Å². The normalized spacial score (nSPS) is 10.4. The molecule has 0 fully saturated rings. The lowest BCUT2D eigenvalue weighted by Crippen LogP contribution is -1.91. The minimum absolute atomic E-state index is 0.718. The maximum absolute atomic E-state index is 8.60. The van der Waals surface area contributed by atoms with Crippen molar-refractivity contribution in [1.29, 1.82) is 5.26 Å². The Morgan fingerprint density at radius 3 is 2.61 bits per heavy atom. The molecule has 0 N–H and O–H groups in total. The van der Waals surface area contributed by atoms with Crippen LogP contribution in [0.3, 0.4) is 0 Å². The van der Waals surface area contributed by atoms with Crippen molar-refractivity contribution in [1.82, 2.24) is 0 Å². The molecule has 88 valence electrons. The third kappa shape index (κ3) is 3.23. The maximum atomic E-state index is 8.60. The zero-order valence-corrected chi connectivity index (χ0v) is 10.6. The van der Waals surface area contributed by atoms with Gasteiger partial charge in [0, 0.05) is 11.1 Å². The molecule has 0 amide bonds. The molecule has 0 aliphatic carbocycles. The second-order valence-corrected chi connectivity index (χ2v) is 4.40. The standard InChI is InChI=1S/C16H12ClN/c17-16-9-8-14(7-4-10-18)15(12-16)11-13-5-2-1-3-6-13/h1-9,12H,11H2/b7-4+. The van der Waals surface area contributed by atoms with Crippen molar-refractivity contribution >= 4 is 17.7 Å². The third-order valence-corrected chi connectivity index (χ3v) is 2.91. The quantitative estimate of drug-likeness (QED) is 0.741. The molecule has 0 aliphatic heterocycles. The summed E-state index contributed by atoms with van der Waals surface area (Å²) in [7, 11) is 0. The Morgan fingerprint density at radius 2 is 1.89 bits per heavy atom. The largest absolute Gasteiger partial charge is 0.193 e. The number of nitrogens with zero attached hydrogens (tertiary/aromatic N) is 1. The molecule has 0 spiro atoms. The molecular weight excluding hydrogens is 242 g/mol. The van der Waals surface area contributed by atoms with Crippen molar-refractivity contribution in [2.45, 2.75) is 6.42 Å². The Bertz CT molecular complexity index is 594. The van der Waals surface area contributed by atoms with Crippen LogP contribution in [0.4, 0.5) is 0 Å². The first-order valence-electron chi connectivity index (χ1n) is 5.68. The molecule has 0 unspecified atom stereocenters. The Balaban J connectivity index is 2.34. The second kappa shape index (κ2) is 6.05. The van der Waals surface area contributed by atoms with Gasteiger partial charge in [0.2, 0.25) is 0 Å². The topological polar surface area (TPSA) is 23.8 Å². The Kier molecular flexibility index (Phi) is 4.17. The highest BCUT2D eigenvalue weighted by molar-refractivity contribution is 6.30. The van der Waals surface area contributed by atoms with E-state index in [9.17, 15) is 0 Å². The van der Waals surface area contributed by atoms with Crippen LogP contribution in [0.15, 0.2) is 54.6 Å². The number of rotatable bonds is 3. The smallest absolute Gasteiger partial charge is 0.0912 e. The fourth-order valence-corrected chi connectivity index (χ4v) is 2.03. The summed E-state index contributed by atoms with van der Waals surface area (Å²) in [5.41, 5.74) is 3.39. The van der Waals surface area contributed by atoms with Gasteiger partial charge in [0.25, 0.3) is 0 Å². The zero-order chi connectivity index (χ0) is 12.8. The number of allylic oxidation sites excluding steroid dienone is 1. The van der Waals surface area contributed by atoms with E-state index in [2.05, 4.69) is 12.1 Å². The van der Waals surface area contributed by atoms with Gasteiger partial charge in [0.15, 0.2) is 0 Å². The Hall–Kier alpha value is -2.04. The molecular formula is C16H12ClN. The van der Waals surface area contributed by atoms with Crippen LogP contribution in [-0.2, 0) is 6.42 Å². The predicted octanol–water partition coefficient (Wildman–Crippen LogP) is 4.47. The molecule has 2 aromatic rings. The summed E-state index contributed by atoms with van der Waals surface area (Å²) in [5, 5.41) is 9.32.